The van der Waals surface area contributed by atoms with E-state index in [9.17, 15) is 0 Å². The summed E-state index contributed by atoms with van der Waals surface area (Å²) in [6.07, 6.45) is 2.19. The first-order valence-corrected chi connectivity index (χ1v) is 5.51. The number of fused-ring (bicyclic) bond motifs is 1. The molecule has 2 rings (SSSR count). The van der Waals surface area contributed by atoms with E-state index in [1.807, 2.05) is 18.2 Å². The lowest BCUT2D eigenvalue weighted by Gasteiger charge is -2.18. The molecule has 0 atom stereocenters. The van der Waals surface area contributed by atoms with Gasteiger partial charge in [-0.3, -0.25) is 0 Å². The van der Waals surface area contributed by atoms with E-state index in [2.05, 4.69) is 17.5 Å². The van der Waals surface area contributed by atoms with Crippen molar-refractivity contribution in [3.63, 3.8) is 0 Å². The highest BCUT2D eigenvalue weighted by molar-refractivity contribution is 5.62. The maximum atomic E-state index is 5.65. The van der Waals surface area contributed by atoms with Crippen LogP contribution in [0.15, 0.2) is 29.8 Å². The zero-order valence-electron chi connectivity index (χ0n) is 9.53. The Balaban J connectivity index is 1.91. The van der Waals surface area contributed by atoms with Crippen LogP contribution < -0.4 is 10.1 Å². The molecule has 3 nitrogen and oxygen atoms in total. The lowest BCUT2D eigenvalue weighted by Crippen LogP contribution is -2.24. The van der Waals surface area contributed by atoms with Gasteiger partial charge >= 0.3 is 0 Å². The predicted molar refractivity (Wildman–Crippen MR) is 64.7 cm³/mol. The first kappa shape index (κ1) is 11.2. The van der Waals surface area contributed by atoms with Crippen LogP contribution in [0.3, 0.4) is 0 Å². The smallest absolute Gasteiger partial charge is 0.127 e. The number of hydrogen-bond acceptors (Lipinski definition) is 3. The molecule has 0 aromatic heterocycles. The number of nitrogens with one attached hydrogen (secondary N) is 1. The molecule has 0 saturated carbocycles. The number of ether oxygens (including phenoxy) is 2. The third-order valence-electron chi connectivity index (χ3n) is 2.53. The Labute approximate surface area is 96.1 Å². The maximum Gasteiger partial charge on any atom is 0.127 e. The van der Waals surface area contributed by atoms with Crippen LogP contribution >= 0.6 is 0 Å². The van der Waals surface area contributed by atoms with Crippen molar-refractivity contribution in [3.05, 3.63) is 35.4 Å². The van der Waals surface area contributed by atoms with Crippen LogP contribution in [0, 0.1) is 0 Å². The normalized spacial score (nSPS) is 13.9. The summed E-state index contributed by atoms with van der Waals surface area (Å²) in [4.78, 5) is 0. The van der Waals surface area contributed by atoms with Gasteiger partial charge in [0.25, 0.3) is 0 Å². The molecule has 0 unspecified atom stereocenters. The molecule has 86 valence electrons. The minimum absolute atomic E-state index is 0.678. The first-order chi connectivity index (χ1) is 7.90. The summed E-state index contributed by atoms with van der Waals surface area (Å²) < 4.78 is 10.6. The van der Waals surface area contributed by atoms with Gasteiger partial charge in [0.1, 0.15) is 12.4 Å². The standard InChI is InChI=1S/C13H17NO2/c1-15-7-6-14-9-11-8-12-4-2-3-5-13(12)16-10-11/h2-5,8,14H,6-7,9-10H2,1H3. The van der Waals surface area contributed by atoms with Gasteiger partial charge in [0.05, 0.1) is 6.61 Å². The highest BCUT2D eigenvalue weighted by atomic mass is 16.5. The van der Waals surface area contributed by atoms with Gasteiger partial charge in [-0.2, -0.15) is 0 Å². The molecule has 16 heavy (non-hydrogen) atoms. The average Bonchev–Trinajstić information content (AvgIpc) is 2.34. The van der Waals surface area contributed by atoms with Gasteiger partial charge < -0.3 is 14.8 Å². The van der Waals surface area contributed by atoms with Crippen molar-refractivity contribution in [3.8, 4) is 5.75 Å². The highest BCUT2D eigenvalue weighted by Gasteiger charge is 2.09. The molecular weight excluding hydrogens is 202 g/mol. The lowest BCUT2D eigenvalue weighted by atomic mass is 10.1. The van der Waals surface area contributed by atoms with Crippen molar-refractivity contribution in [1.82, 2.24) is 5.32 Å². The zero-order valence-corrected chi connectivity index (χ0v) is 9.53. The van der Waals surface area contributed by atoms with Gasteiger partial charge in [-0.1, -0.05) is 18.2 Å². The quantitative estimate of drug-likeness (QED) is 0.765. The minimum atomic E-state index is 0.678. The fraction of sp³-hybridized carbons (Fsp3) is 0.385. The summed E-state index contributed by atoms with van der Waals surface area (Å²) in [6.45, 7) is 3.15. The predicted octanol–water partition coefficient (Wildman–Crippen LogP) is 1.70. The molecule has 0 saturated heterocycles. The number of para-hydroxylation sites is 1. The molecule has 1 aromatic carbocycles. The second kappa shape index (κ2) is 5.68. The Morgan fingerprint density at radius 1 is 1.38 bits per heavy atom. The molecule has 1 heterocycles. The van der Waals surface area contributed by atoms with Gasteiger partial charge in [-0.05, 0) is 17.7 Å². The summed E-state index contributed by atoms with van der Waals surface area (Å²) >= 11 is 0. The van der Waals surface area contributed by atoms with E-state index >= 15 is 0 Å². The summed E-state index contributed by atoms with van der Waals surface area (Å²) in [7, 11) is 1.71. The Kier molecular flexibility index (Phi) is 3.97. The topological polar surface area (TPSA) is 30.5 Å². The van der Waals surface area contributed by atoms with Gasteiger partial charge in [-0.15, -0.1) is 0 Å². The van der Waals surface area contributed by atoms with Crippen LogP contribution in [-0.4, -0.2) is 33.4 Å². The Morgan fingerprint density at radius 2 is 2.25 bits per heavy atom. The third-order valence-corrected chi connectivity index (χ3v) is 2.53. The van der Waals surface area contributed by atoms with Crippen molar-refractivity contribution in [2.24, 2.45) is 0 Å². The molecule has 3 heteroatoms. The Bertz CT molecular complexity index is 374. The number of methoxy groups -OCH3 is 1. The minimum Gasteiger partial charge on any atom is -0.489 e. The number of hydrogen-bond donors (Lipinski definition) is 1. The monoisotopic (exact) mass is 219 g/mol. The van der Waals surface area contributed by atoms with E-state index in [0.29, 0.717) is 6.61 Å². The number of rotatable bonds is 5. The molecule has 0 amide bonds. The molecule has 1 N–H and O–H groups in total. The van der Waals surface area contributed by atoms with E-state index in [1.165, 1.54) is 5.57 Å². The molecule has 0 spiro atoms. The van der Waals surface area contributed by atoms with Crippen molar-refractivity contribution in [2.75, 3.05) is 33.4 Å². The molecule has 1 aliphatic rings. The van der Waals surface area contributed by atoms with Crippen LogP contribution in [0.4, 0.5) is 0 Å². The van der Waals surface area contributed by atoms with E-state index in [0.717, 1.165) is 31.0 Å². The van der Waals surface area contributed by atoms with E-state index in [-0.39, 0.29) is 0 Å². The van der Waals surface area contributed by atoms with E-state index < -0.39 is 0 Å². The van der Waals surface area contributed by atoms with Crippen molar-refractivity contribution in [2.45, 2.75) is 0 Å². The largest absolute Gasteiger partial charge is 0.489 e. The second-order valence-corrected chi connectivity index (χ2v) is 3.80. The summed E-state index contributed by atoms with van der Waals surface area (Å²) in [6, 6.07) is 8.10. The van der Waals surface area contributed by atoms with Gasteiger partial charge in [0.15, 0.2) is 0 Å². The zero-order chi connectivity index (χ0) is 11.2. The van der Waals surface area contributed by atoms with Crippen molar-refractivity contribution >= 4 is 6.08 Å². The molecule has 0 bridgehead atoms. The summed E-state index contributed by atoms with van der Waals surface area (Å²) in [5, 5.41) is 3.31. The number of benzene rings is 1. The molecule has 1 aliphatic heterocycles. The molecule has 1 aromatic rings. The second-order valence-electron chi connectivity index (χ2n) is 3.80. The Morgan fingerprint density at radius 3 is 3.12 bits per heavy atom. The van der Waals surface area contributed by atoms with E-state index in [4.69, 9.17) is 9.47 Å². The first-order valence-electron chi connectivity index (χ1n) is 5.51. The van der Waals surface area contributed by atoms with Crippen LogP contribution in [0.5, 0.6) is 5.75 Å². The van der Waals surface area contributed by atoms with Gasteiger partial charge in [0.2, 0.25) is 0 Å². The Hall–Kier alpha value is -1.32. The summed E-state index contributed by atoms with van der Waals surface area (Å²) in [5.41, 5.74) is 2.44. The lowest BCUT2D eigenvalue weighted by molar-refractivity contribution is 0.200. The van der Waals surface area contributed by atoms with Crippen molar-refractivity contribution in [1.29, 1.82) is 0 Å². The van der Waals surface area contributed by atoms with Gasteiger partial charge in [0, 0.05) is 25.8 Å². The van der Waals surface area contributed by atoms with Crippen LogP contribution in [0.25, 0.3) is 6.08 Å². The van der Waals surface area contributed by atoms with Crippen LogP contribution in [0.2, 0.25) is 0 Å². The molecular formula is C13H17NO2. The van der Waals surface area contributed by atoms with E-state index in [1.54, 1.807) is 7.11 Å². The fourth-order valence-electron chi connectivity index (χ4n) is 1.69. The molecule has 0 aliphatic carbocycles. The van der Waals surface area contributed by atoms with Crippen molar-refractivity contribution < 1.29 is 9.47 Å². The molecule has 0 radical (unpaired) electrons. The average molecular weight is 219 g/mol. The molecule has 0 fully saturated rings. The van der Waals surface area contributed by atoms with Crippen LogP contribution in [-0.2, 0) is 4.74 Å². The summed E-state index contributed by atoms with van der Waals surface area (Å²) in [5.74, 6) is 0.975. The SMILES string of the molecule is COCCNCC1=Cc2ccccc2OC1. The third kappa shape index (κ3) is 2.84. The van der Waals surface area contributed by atoms with Crippen LogP contribution in [0.1, 0.15) is 5.56 Å². The highest BCUT2D eigenvalue weighted by Crippen LogP contribution is 2.25. The maximum absolute atomic E-state index is 5.65. The van der Waals surface area contributed by atoms with Gasteiger partial charge in [-0.25, -0.2) is 0 Å². The fourth-order valence-corrected chi connectivity index (χ4v) is 1.69.